The predicted octanol–water partition coefficient (Wildman–Crippen LogP) is 8.22. The molecule has 0 bridgehead atoms. The van der Waals surface area contributed by atoms with Crippen LogP contribution in [0.4, 0.5) is 0 Å². The van der Waals surface area contributed by atoms with Crippen molar-refractivity contribution in [1.29, 1.82) is 0 Å². The second-order valence-corrected chi connectivity index (χ2v) is 32.6. The maximum absolute atomic E-state index is 14.0. The summed E-state index contributed by atoms with van der Waals surface area (Å²) in [5.74, 6) is -1.78. The van der Waals surface area contributed by atoms with Crippen LogP contribution in [0.3, 0.4) is 0 Å². The molecule has 2 aromatic rings. The summed E-state index contributed by atoms with van der Waals surface area (Å²) < 4.78 is 36.6. The third-order valence-corrected chi connectivity index (χ3v) is 27.5. The molecule has 0 unspecified atom stereocenters. The van der Waals surface area contributed by atoms with Crippen molar-refractivity contribution in [2.24, 2.45) is 40.2 Å². The highest BCUT2D eigenvalue weighted by atomic mass is 28.4. The Kier molecular flexibility index (Phi) is 11.2. The van der Waals surface area contributed by atoms with Crippen LogP contribution in [-0.2, 0) is 32.7 Å². The van der Waals surface area contributed by atoms with E-state index in [9.17, 15) is 14.7 Å². The molecular weight excluding hydrogens is 811 g/mol. The molecule has 3 N–H and O–H groups in total. The number of rotatable bonds is 8. The van der Waals surface area contributed by atoms with Gasteiger partial charge in [0, 0.05) is 25.7 Å². The van der Waals surface area contributed by atoms with Crippen LogP contribution in [0.1, 0.15) is 115 Å². The van der Waals surface area contributed by atoms with Crippen LogP contribution < -0.4 is 16.1 Å². The van der Waals surface area contributed by atoms with Crippen LogP contribution in [0.5, 0.6) is 0 Å². The SMILES string of the molecule is CC(=O)O[C@@H]1C[C@H]2[C@@H](CC[C@H]3CC(=O)[C@H](N)C[C@@]32C)C2=C[C@@H]3O[C@]4(O[C@](C)(CO[Si](C)(C)C(C)(C)C)C[C@H]4O[Si](c4ccccc4)(c4ccccc4)C(C)(C)C)[C@@H](C)[C@]3(O)[C@]21C. The summed E-state index contributed by atoms with van der Waals surface area (Å²) in [5.41, 5.74) is 4.08. The number of ketones is 1. The molecule has 5 fully saturated rings. The van der Waals surface area contributed by atoms with Crippen molar-refractivity contribution in [2.45, 2.75) is 179 Å². The Bertz CT molecular complexity index is 2040. The van der Waals surface area contributed by atoms with Gasteiger partial charge < -0.3 is 33.9 Å². The first-order chi connectivity index (χ1) is 28.7. The zero-order valence-electron chi connectivity index (χ0n) is 39.8. The number of nitrogens with two attached hydrogens (primary N) is 1. The number of carbonyl (C=O) groups is 2. The molecular formula is C51H75NO8Si2. The van der Waals surface area contributed by atoms with E-state index in [2.05, 4.69) is 149 Å². The summed E-state index contributed by atoms with van der Waals surface area (Å²) in [7, 11) is -5.41. The first-order valence-corrected chi connectivity index (χ1v) is 28.2. The number of hydrogen-bond acceptors (Lipinski definition) is 9. The van der Waals surface area contributed by atoms with Gasteiger partial charge in [-0.25, -0.2) is 0 Å². The third-order valence-electron chi connectivity index (χ3n) is 18.0. The van der Waals surface area contributed by atoms with Crippen LogP contribution in [-0.4, -0.2) is 81.4 Å². The van der Waals surface area contributed by atoms with Crippen LogP contribution in [0, 0.1) is 34.5 Å². The average Bonchev–Trinajstić information content (AvgIpc) is 3.69. The number of esters is 1. The highest BCUT2D eigenvalue weighted by Gasteiger charge is 2.80. The Labute approximate surface area is 373 Å². The highest BCUT2D eigenvalue weighted by Crippen LogP contribution is 2.72. The van der Waals surface area contributed by atoms with Crippen LogP contribution in [0.2, 0.25) is 23.2 Å². The molecule has 340 valence electrons. The van der Waals surface area contributed by atoms with Crippen LogP contribution >= 0.6 is 0 Å². The lowest BCUT2D eigenvalue weighted by Crippen LogP contribution is -2.70. The molecule has 2 saturated heterocycles. The fourth-order valence-electron chi connectivity index (χ4n) is 13.5. The van der Waals surface area contributed by atoms with Crippen LogP contribution in [0.25, 0.3) is 0 Å². The van der Waals surface area contributed by atoms with E-state index in [1.54, 1.807) is 0 Å². The molecule has 2 aromatic carbocycles. The van der Waals surface area contributed by atoms with Gasteiger partial charge in [0.25, 0.3) is 8.32 Å². The summed E-state index contributed by atoms with van der Waals surface area (Å²) >= 11 is 0. The van der Waals surface area contributed by atoms with E-state index in [0.717, 1.165) is 28.8 Å². The summed E-state index contributed by atoms with van der Waals surface area (Å²) in [6.07, 6.45) is 4.15. The number of carbonyl (C=O) groups excluding carboxylic acids is 2. The van der Waals surface area contributed by atoms with E-state index >= 15 is 0 Å². The second-order valence-electron chi connectivity index (χ2n) is 23.5. The quantitative estimate of drug-likeness (QED) is 0.153. The average molecular weight is 886 g/mol. The van der Waals surface area contributed by atoms with E-state index in [0.29, 0.717) is 32.3 Å². The minimum Gasteiger partial charge on any atom is -0.462 e. The van der Waals surface area contributed by atoms with Gasteiger partial charge in [-0.3, -0.25) is 9.59 Å². The molecule has 0 radical (unpaired) electrons. The molecule has 13 atom stereocenters. The van der Waals surface area contributed by atoms with Gasteiger partial charge in [-0.2, -0.15) is 0 Å². The molecule has 8 rings (SSSR count). The van der Waals surface area contributed by atoms with E-state index in [4.69, 9.17) is 28.8 Å². The van der Waals surface area contributed by atoms with Crippen molar-refractivity contribution in [3.05, 3.63) is 72.3 Å². The van der Waals surface area contributed by atoms with Crippen LogP contribution in [0.15, 0.2) is 72.3 Å². The number of hydrogen-bond donors (Lipinski definition) is 2. The fourth-order valence-corrected chi connectivity index (χ4v) is 19.3. The zero-order chi connectivity index (χ0) is 45.3. The van der Waals surface area contributed by atoms with Crippen molar-refractivity contribution in [3.8, 4) is 0 Å². The van der Waals surface area contributed by atoms with E-state index in [1.165, 1.54) is 6.92 Å². The number of Topliss-reactive ketones (excluding diaryl/α,β-unsaturated/α-hetero) is 1. The van der Waals surface area contributed by atoms with Gasteiger partial charge in [0.05, 0.1) is 23.7 Å². The Morgan fingerprint density at radius 1 is 0.903 bits per heavy atom. The maximum atomic E-state index is 14.0. The van der Waals surface area contributed by atoms with Gasteiger partial charge in [0.1, 0.15) is 29.7 Å². The van der Waals surface area contributed by atoms with E-state index < -0.39 is 69.3 Å². The van der Waals surface area contributed by atoms with Gasteiger partial charge in [-0.15, -0.1) is 0 Å². The Morgan fingerprint density at radius 2 is 1.50 bits per heavy atom. The number of benzene rings is 2. The minimum atomic E-state index is -3.19. The lowest BCUT2D eigenvalue weighted by Gasteiger charge is -2.62. The molecule has 2 heterocycles. The van der Waals surface area contributed by atoms with E-state index in [-0.39, 0.29) is 45.0 Å². The number of ether oxygens (including phenoxy) is 3. The van der Waals surface area contributed by atoms with Crippen molar-refractivity contribution >= 4 is 38.8 Å². The summed E-state index contributed by atoms with van der Waals surface area (Å²) in [6.45, 7) is 28.6. The monoisotopic (exact) mass is 886 g/mol. The molecule has 9 nitrogen and oxygen atoms in total. The Hall–Kier alpha value is -2.49. The maximum Gasteiger partial charge on any atom is 0.302 e. The molecule has 2 aliphatic heterocycles. The van der Waals surface area contributed by atoms with Crippen molar-refractivity contribution in [3.63, 3.8) is 0 Å². The molecule has 11 heteroatoms. The molecule has 1 spiro atoms. The lowest BCUT2D eigenvalue weighted by molar-refractivity contribution is -0.277. The fraction of sp³-hybridized carbons (Fsp3) is 0.686. The molecule has 3 saturated carbocycles. The largest absolute Gasteiger partial charge is 0.462 e. The third kappa shape index (κ3) is 6.62. The summed E-state index contributed by atoms with van der Waals surface area (Å²) in [4.78, 5) is 26.2. The van der Waals surface area contributed by atoms with Gasteiger partial charge in [-0.05, 0) is 96.2 Å². The van der Waals surface area contributed by atoms with Crippen molar-refractivity contribution < 1.29 is 37.8 Å². The Balaban J connectivity index is 1.27. The first kappa shape index (κ1) is 46.1. The molecule has 0 aromatic heterocycles. The normalized spacial score (nSPS) is 40.7. The zero-order valence-corrected chi connectivity index (χ0v) is 41.8. The standard InChI is InChI=1S/C51H75NO8Si2/c1-32-50(55)43(28-39-37-25-24-34-26-41(54)40(52)29-48(34,10)38(37)27-42(49(39,50)11)57-33(2)53)58-51(32)44(30-47(9,60-51)31-56-61(12,13)45(3,4)5)59-62(46(6,7)8,35-20-16-14-17-21-35)36-22-18-15-19-23-36/h14-23,28,32,34,37-38,40,42-44,55H,24-27,29-31,52H2,1-13H3/t32-,34-,37+,38-,40+,42+,43-,44+,47-,48-,49+,50+,51-/m0/s1. The molecule has 62 heavy (non-hydrogen) atoms. The lowest BCUT2D eigenvalue weighted by atomic mass is 9.44. The number of aliphatic hydroxyl groups is 1. The summed E-state index contributed by atoms with van der Waals surface area (Å²) in [5, 5.41) is 16.0. The van der Waals surface area contributed by atoms with Crippen molar-refractivity contribution in [1.82, 2.24) is 0 Å². The number of fused-ring (bicyclic) bond motifs is 7. The predicted molar refractivity (Wildman–Crippen MR) is 248 cm³/mol. The summed E-state index contributed by atoms with van der Waals surface area (Å²) in [6, 6.07) is 20.8. The smallest absolute Gasteiger partial charge is 0.302 e. The Morgan fingerprint density at radius 3 is 2.05 bits per heavy atom. The van der Waals surface area contributed by atoms with Gasteiger partial charge >= 0.3 is 5.97 Å². The molecule has 0 amide bonds. The molecule has 4 aliphatic carbocycles. The molecule has 6 aliphatic rings. The van der Waals surface area contributed by atoms with Gasteiger partial charge in [0.2, 0.25) is 5.79 Å². The van der Waals surface area contributed by atoms with Gasteiger partial charge in [-0.1, -0.05) is 128 Å². The van der Waals surface area contributed by atoms with Gasteiger partial charge in [0.15, 0.2) is 8.32 Å². The highest BCUT2D eigenvalue weighted by molar-refractivity contribution is 6.99. The van der Waals surface area contributed by atoms with Crippen molar-refractivity contribution in [2.75, 3.05) is 6.61 Å². The topological polar surface area (TPSA) is 127 Å². The minimum absolute atomic E-state index is 0.0113. The van der Waals surface area contributed by atoms with E-state index in [1.807, 2.05) is 0 Å². The second kappa shape index (κ2) is 15.0. The first-order valence-electron chi connectivity index (χ1n) is 23.4.